The van der Waals surface area contributed by atoms with E-state index < -0.39 is 5.60 Å². The van der Waals surface area contributed by atoms with Crippen LogP contribution in [0.4, 0.5) is 0 Å². The van der Waals surface area contributed by atoms with Crippen LogP contribution in [0.25, 0.3) is 0 Å². The predicted molar refractivity (Wildman–Crippen MR) is 76.2 cm³/mol. The summed E-state index contributed by atoms with van der Waals surface area (Å²) in [6, 6.07) is 3.46. The molecule has 2 heterocycles. The van der Waals surface area contributed by atoms with Crippen LogP contribution in [0.5, 0.6) is 0 Å². The maximum atomic E-state index is 11.8. The van der Waals surface area contributed by atoms with E-state index in [-0.39, 0.29) is 18.4 Å². The van der Waals surface area contributed by atoms with Gasteiger partial charge in [0, 0.05) is 6.54 Å². The van der Waals surface area contributed by atoms with Crippen molar-refractivity contribution in [2.75, 3.05) is 19.6 Å². The maximum Gasteiger partial charge on any atom is 0.279 e. The normalized spacial score (nSPS) is 23.3. The van der Waals surface area contributed by atoms with Crippen molar-refractivity contribution in [2.45, 2.75) is 25.4 Å². The van der Waals surface area contributed by atoms with E-state index in [1.54, 1.807) is 24.4 Å². The maximum absolute atomic E-state index is 11.8. The molecule has 110 valence electrons. The van der Waals surface area contributed by atoms with E-state index in [1.165, 1.54) is 11.3 Å². The van der Waals surface area contributed by atoms with Gasteiger partial charge < -0.3 is 5.11 Å². The molecule has 1 saturated heterocycles. The summed E-state index contributed by atoms with van der Waals surface area (Å²) in [6.45, 7) is 3.19. The first kappa shape index (κ1) is 15.0. The van der Waals surface area contributed by atoms with Gasteiger partial charge >= 0.3 is 0 Å². The van der Waals surface area contributed by atoms with Crippen molar-refractivity contribution in [3.8, 4) is 0 Å². The van der Waals surface area contributed by atoms with Crippen molar-refractivity contribution in [1.82, 2.24) is 15.8 Å². The highest BCUT2D eigenvalue weighted by Crippen LogP contribution is 2.19. The van der Waals surface area contributed by atoms with Crippen LogP contribution >= 0.6 is 11.3 Å². The zero-order chi connectivity index (χ0) is 14.6. The van der Waals surface area contributed by atoms with E-state index in [1.807, 2.05) is 4.90 Å². The second kappa shape index (κ2) is 6.34. The summed E-state index contributed by atoms with van der Waals surface area (Å²) >= 11 is 1.31. The highest BCUT2D eigenvalue weighted by Gasteiger charge is 2.29. The Bertz CT molecular complexity index is 473. The molecule has 7 heteroatoms. The number of aliphatic hydroxyl groups is 1. The zero-order valence-corrected chi connectivity index (χ0v) is 12.2. The van der Waals surface area contributed by atoms with Gasteiger partial charge in [-0.1, -0.05) is 6.07 Å². The molecule has 2 rings (SSSR count). The van der Waals surface area contributed by atoms with Crippen molar-refractivity contribution in [2.24, 2.45) is 0 Å². The number of amides is 2. The van der Waals surface area contributed by atoms with Gasteiger partial charge in [0.25, 0.3) is 11.8 Å². The van der Waals surface area contributed by atoms with Gasteiger partial charge in [-0.2, -0.15) is 0 Å². The van der Waals surface area contributed by atoms with E-state index in [0.717, 1.165) is 19.4 Å². The number of carbonyl (C=O) groups is 2. The lowest BCUT2D eigenvalue weighted by molar-refractivity contribution is -0.124. The third-order valence-electron chi connectivity index (χ3n) is 3.18. The summed E-state index contributed by atoms with van der Waals surface area (Å²) in [7, 11) is 0. The van der Waals surface area contributed by atoms with Gasteiger partial charge in [0.2, 0.25) is 0 Å². The molecule has 0 radical (unpaired) electrons. The molecule has 0 saturated carbocycles. The lowest BCUT2D eigenvalue weighted by Gasteiger charge is -2.36. The quantitative estimate of drug-likeness (QED) is 0.704. The van der Waals surface area contributed by atoms with Crippen LogP contribution in [-0.4, -0.2) is 47.1 Å². The first-order valence-corrected chi connectivity index (χ1v) is 7.42. The SMILES string of the molecule is CC1(O)CCCN(CC(=O)NNC(=O)c2cccs2)C1. The molecule has 0 bridgehead atoms. The molecule has 20 heavy (non-hydrogen) atoms. The number of hydrazine groups is 1. The number of carbonyl (C=O) groups excluding carboxylic acids is 2. The molecule has 1 aliphatic heterocycles. The van der Waals surface area contributed by atoms with Gasteiger partial charge in [-0.25, -0.2) is 0 Å². The zero-order valence-electron chi connectivity index (χ0n) is 11.4. The first-order valence-electron chi connectivity index (χ1n) is 6.54. The highest BCUT2D eigenvalue weighted by molar-refractivity contribution is 7.12. The average Bonchev–Trinajstić information content (AvgIpc) is 2.88. The molecular formula is C13H19N3O3S. The van der Waals surface area contributed by atoms with Gasteiger partial charge in [0.05, 0.1) is 17.0 Å². The molecule has 6 nitrogen and oxygen atoms in total. The monoisotopic (exact) mass is 297 g/mol. The summed E-state index contributed by atoms with van der Waals surface area (Å²) < 4.78 is 0. The van der Waals surface area contributed by atoms with Gasteiger partial charge in [0.1, 0.15) is 0 Å². The molecule has 1 fully saturated rings. The fourth-order valence-corrected chi connectivity index (χ4v) is 2.92. The number of β-amino-alcohol motifs (C(OH)–C–C–N with tert-alkyl or cyclic N) is 1. The van der Waals surface area contributed by atoms with Crippen LogP contribution in [0.3, 0.4) is 0 Å². The number of likely N-dealkylation sites (tertiary alicyclic amines) is 1. The van der Waals surface area contributed by atoms with Gasteiger partial charge in [0.15, 0.2) is 0 Å². The second-order valence-corrected chi connectivity index (χ2v) is 6.24. The minimum Gasteiger partial charge on any atom is -0.389 e. The largest absolute Gasteiger partial charge is 0.389 e. The Balaban J connectivity index is 1.74. The molecule has 1 atom stereocenters. The predicted octanol–water partition coefficient (Wildman–Crippen LogP) is 0.356. The summed E-state index contributed by atoms with van der Waals surface area (Å²) in [4.78, 5) is 25.8. The third kappa shape index (κ3) is 4.29. The lowest BCUT2D eigenvalue weighted by Crippen LogP contribution is -2.51. The Hall–Kier alpha value is -1.44. The van der Waals surface area contributed by atoms with Crippen molar-refractivity contribution in [3.05, 3.63) is 22.4 Å². The Morgan fingerprint density at radius 1 is 1.50 bits per heavy atom. The second-order valence-electron chi connectivity index (χ2n) is 5.29. The Morgan fingerprint density at radius 3 is 2.95 bits per heavy atom. The van der Waals surface area contributed by atoms with Crippen LogP contribution in [0.2, 0.25) is 0 Å². The van der Waals surface area contributed by atoms with E-state index in [4.69, 9.17) is 0 Å². The Kier molecular flexibility index (Phi) is 4.74. The standard InChI is InChI=1S/C13H19N3O3S/c1-13(19)5-3-6-16(9-13)8-11(17)14-15-12(18)10-4-2-7-20-10/h2,4,7,19H,3,5-6,8-9H2,1H3,(H,14,17)(H,15,18). The number of piperidine rings is 1. The summed E-state index contributed by atoms with van der Waals surface area (Å²) in [5.74, 6) is -0.605. The van der Waals surface area contributed by atoms with E-state index in [0.29, 0.717) is 11.4 Å². The smallest absolute Gasteiger partial charge is 0.279 e. The molecule has 0 aliphatic carbocycles. The minimum absolute atomic E-state index is 0.168. The molecule has 2 amide bonds. The van der Waals surface area contributed by atoms with Crippen molar-refractivity contribution in [3.63, 3.8) is 0 Å². The fourth-order valence-electron chi connectivity index (χ4n) is 2.30. The van der Waals surface area contributed by atoms with E-state index in [2.05, 4.69) is 10.9 Å². The molecule has 0 aromatic carbocycles. The van der Waals surface area contributed by atoms with Crippen LogP contribution in [-0.2, 0) is 4.79 Å². The van der Waals surface area contributed by atoms with Crippen molar-refractivity contribution < 1.29 is 14.7 Å². The number of nitrogens with one attached hydrogen (secondary N) is 2. The van der Waals surface area contributed by atoms with E-state index >= 15 is 0 Å². The van der Waals surface area contributed by atoms with Crippen molar-refractivity contribution >= 4 is 23.2 Å². The number of thiophene rings is 1. The molecular weight excluding hydrogens is 278 g/mol. The minimum atomic E-state index is -0.737. The van der Waals surface area contributed by atoms with Gasteiger partial charge in [-0.15, -0.1) is 11.3 Å². The van der Waals surface area contributed by atoms with Crippen LogP contribution in [0.1, 0.15) is 29.4 Å². The summed E-state index contributed by atoms with van der Waals surface area (Å²) in [5, 5.41) is 11.8. The molecule has 1 unspecified atom stereocenters. The highest BCUT2D eigenvalue weighted by atomic mass is 32.1. The summed E-state index contributed by atoms with van der Waals surface area (Å²) in [6.07, 6.45) is 1.61. The molecule has 0 spiro atoms. The topological polar surface area (TPSA) is 81.7 Å². The van der Waals surface area contributed by atoms with E-state index in [9.17, 15) is 14.7 Å². The number of hydrogen-bond acceptors (Lipinski definition) is 5. The van der Waals surface area contributed by atoms with Crippen LogP contribution < -0.4 is 10.9 Å². The first-order chi connectivity index (χ1) is 9.46. The molecule has 1 aliphatic rings. The molecule has 1 aromatic heterocycles. The number of rotatable bonds is 3. The van der Waals surface area contributed by atoms with Gasteiger partial charge in [-0.05, 0) is 37.8 Å². The molecule has 3 N–H and O–H groups in total. The lowest BCUT2D eigenvalue weighted by atomic mass is 9.95. The fraction of sp³-hybridized carbons (Fsp3) is 0.538. The number of hydrogen-bond donors (Lipinski definition) is 3. The third-order valence-corrected chi connectivity index (χ3v) is 4.05. The summed E-state index contributed by atoms with van der Waals surface area (Å²) in [5.41, 5.74) is 4.03. The van der Waals surface area contributed by atoms with Gasteiger partial charge in [-0.3, -0.25) is 25.3 Å². The van der Waals surface area contributed by atoms with Crippen molar-refractivity contribution in [1.29, 1.82) is 0 Å². The Morgan fingerprint density at radius 2 is 2.30 bits per heavy atom. The Labute approximate surface area is 121 Å². The average molecular weight is 297 g/mol. The van der Waals surface area contributed by atoms with Crippen LogP contribution in [0.15, 0.2) is 17.5 Å². The number of nitrogens with zero attached hydrogens (tertiary/aromatic N) is 1. The molecule has 1 aromatic rings. The van der Waals surface area contributed by atoms with Crippen LogP contribution in [0, 0.1) is 0 Å².